The molecule has 0 aliphatic carbocycles. The van der Waals surface area contributed by atoms with Gasteiger partial charge in [0.15, 0.2) is 0 Å². The van der Waals surface area contributed by atoms with Gasteiger partial charge in [-0.3, -0.25) is 4.79 Å². The fraction of sp³-hybridized carbons (Fsp3) is 0.923. The molecule has 1 saturated heterocycles. The zero-order valence-electron chi connectivity index (χ0n) is 12.0. The zero-order chi connectivity index (χ0) is 13.1. The van der Waals surface area contributed by atoms with Gasteiger partial charge in [-0.05, 0) is 33.6 Å². The molecule has 0 bridgehead atoms. The third-order valence-corrected chi connectivity index (χ3v) is 5.25. The molecule has 1 aliphatic rings. The van der Waals surface area contributed by atoms with Crippen molar-refractivity contribution in [2.24, 2.45) is 5.92 Å². The Bertz CT molecular complexity index is 268. The molecule has 0 saturated carbocycles. The van der Waals surface area contributed by atoms with Crippen molar-refractivity contribution in [2.75, 3.05) is 6.54 Å². The smallest absolute Gasteiger partial charge is 0.222 e. The van der Waals surface area contributed by atoms with E-state index in [9.17, 15) is 4.79 Å². The topological polar surface area (TPSA) is 29.5 Å². The maximum atomic E-state index is 11.8. The highest BCUT2D eigenvalue weighted by Crippen LogP contribution is 2.32. The van der Waals surface area contributed by atoms with Crippen LogP contribution in [0.25, 0.3) is 0 Å². The summed E-state index contributed by atoms with van der Waals surface area (Å²) in [5.41, 5.74) is -0.107. The molecule has 0 spiro atoms. The van der Waals surface area contributed by atoms with Crippen LogP contribution in [0.2, 0.25) is 0 Å². The normalized spacial score (nSPS) is 20.9. The Labute approximate surface area is 108 Å². The SMILES string of the molecule is CCCC(C(C)N1CCCC1=O)C(C)(C)O[SiH3]. The van der Waals surface area contributed by atoms with Crippen LogP contribution in [-0.4, -0.2) is 39.5 Å². The number of nitrogens with zero attached hydrogens (tertiary/aromatic N) is 1. The van der Waals surface area contributed by atoms with Crippen molar-refractivity contribution >= 4 is 16.4 Å². The molecule has 2 unspecified atom stereocenters. The molecule has 0 radical (unpaired) electrons. The molecule has 0 aromatic rings. The molecule has 1 fully saturated rings. The standard InChI is InChI=1S/C13H27NO2Si/c1-5-7-11(13(3,4)16-17)10(2)14-9-6-8-12(14)15/h10-11H,5-9H2,1-4,17H3. The van der Waals surface area contributed by atoms with Gasteiger partial charge >= 0.3 is 0 Å². The van der Waals surface area contributed by atoms with Gasteiger partial charge in [-0.2, -0.15) is 0 Å². The molecular formula is C13H27NO2Si. The van der Waals surface area contributed by atoms with Crippen LogP contribution >= 0.6 is 0 Å². The highest BCUT2D eigenvalue weighted by molar-refractivity contribution is 5.98. The van der Waals surface area contributed by atoms with Crippen LogP contribution in [0, 0.1) is 5.92 Å². The molecule has 1 rings (SSSR count). The lowest BCUT2D eigenvalue weighted by molar-refractivity contribution is -0.132. The van der Waals surface area contributed by atoms with Crippen molar-refractivity contribution in [1.82, 2.24) is 4.90 Å². The van der Waals surface area contributed by atoms with Crippen molar-refractivity contribution in [2.45, 2.75) is 65.0 Å². The van der Waals surface area contributed by atoms with Crippen molar-refractivity contribution in [3.8, 4) is 0 Å². The lowest BCUT2D eigenvalue weighted by Gasteiger charge is -2.41. The van der Waals surface area contributed by atoms with Crippen LogP contribution in [0.5, 0.6) is 0 Å². The van der Waals surface area contributed by atoms with Crippen LogP contribution in [0.1, 0.15) is 53.4 Å². The molecule has 0 aromatic carbocycles. The Kier molecular flexibility index (Phi) is 5.19. The van der Waals surface area contributed by atoms with E-state index in [0.717, 1.165) is 42.7 Å². The summed E-state index contributed by atoms with van der Waals surface area (Å²) in [6, 6.07) is 0.300. The van der Waals surface area contributed by atoms with Crippen LogP contribution in [0.3, 0.4) is 0 Å². The number of likely N-dealkylation sites (tertiary alicyclic amines) is 1. The fourth-order valence-corrected chi connectivity index (χ4v) is 3.25. The van der Waals surface area contributed by atoms with Gasteiger partial charge in [0, 0.05) is 24.9 Å². The average Bonchev–Trinajstić information content (AvgIpc) is 2.71. The quantitative estimate of drug-likeness (QED) is 0.675. The van der Waals surface area contributed by atoms with E-state index in [0.29, 0.717) is 17.9 Å². The Morgan fingerprint density at radius 2 is 2.18 bits per heavy atom. The highest BCUT2D eigenvalue weighted by atomic mass is 28.2. The number of hydrogen-bond donors (Lipinski definition) is 0. The number of amides is 1. The van der Waals surface area contributed by atoms with Gasteiger partial charge in [0.2, 0.25) is 5.91 Å². The highest BCUT2D eigenvalue weighted by Gasteiger charge is 2.38. The van der Waals surface area contributed by atoms with E-state index in [1.165, 1.54) is 0 Å². The Morgan fingerprint density at radius 3 is 2.59 bits per heavy atom. The second kappa shape index (κ2) is 6.00. The summed E-state index contributed by atoms with van der Waals surface area (Å²) in [4.78, 5) is 13.9. The van der Waals surface area contributed by atoms with Crippen molar-refractivity contribution in [1.29, 1.82) is 0 Å². The summed E-state index contributed by atoms with van der Waals surface area (Å²) in [5, 5.41) is 0. The number of carbonyl (C=O) groups excluding carboxylic acids is 1. The number of carbonyl (C=O) groups is 1. The van der Waals surface area contributed by atoms with Gasteiger partial charge in [0.25, 0.3) is 0 Å². The number of hydrogen-bond acceptors (Lipinski definition) is 2. The monoisotopic (exact) mass is 257 g/mol. The molecule has 1 amide bonds. The van der Waals surface area contributed by atoms with Gasteiger partial charge in [-0.1, -0.05) is 13.3 Å². The third kappa shape index (κ3) is 3.32. The van der Waals surface area contributed by atoms with E-state index in [1.54, 1.807) is 0 Å². The lowest BCUT2D eigenvalue weighted by atomic mass is 9.81. The summed E-state index contributed by atoms with van der Waals surface area (Å²) < 4.78 is 5.77. The van der Waals surface area contributed by atoms with Crippen molar-refractivity contribution < 1.29 is 9.22 Å². The van der Waals surface area contributed by atoms with Gasteiger partial charge in [0.1, 0.15) is 10.5 Å². The summed E-state index contributed by atoms with van der Waals surface area (Å²) in [6.07, 6.45) is 4.01. The molecule has 0 N–H and O–H groups in total. The van der Waals surface area contributed by atoms with E-state index in [1.807, 2.05) is 0 Å². The fourth-order valence-electron chi connectivity index (χ4n) is 2.95. The van der Waals surface area contributed by atoms with Gasteiger partial charge in [-0.25, -0.2) is 0 Å². The molecule has 0 aromatic heterocycles. The van der Waals surface area contributed by atoms with Crippen molar-refractivity contribution in [3.63, 3.8) is 0 Å². The van der Waals surface area contributed by atoms with E-state index in [4.69, 9.17) is 4.43 Å². The van der Waals surface area contributed by atoms with Gasteiger partial charge < -0.3 is 9.33 Å². The average molecular weight is 257 g/mol. The second-order valence-electron chi connectivity index (χ2n) is 5.63. The van der Waals surface area contributed by atoms with E-state index < -0.39 is 0 Å². The van der Waals surface area contributed by atoms with Crippen molar-refractivity contribution in [3.05, 3.63) is 0 Å². The molecule has 3 nitrogen and oxygen atoms in total. The minimum absolute atomic E-state index is 0.107. The van der Waals surface area contributed by atoms with E-state index in [2.05, 4.69) is 32.6 Å². The van der Waals surface area contributed by atoms with Crippen LogP contribution in [0.15, 0.2) is 0 Å². The first-order valence-corrected chi connectivity index (χ1v) is 7.60. The largest absolute Gasteiger partial charge is 0.423 e. The molecule has 4 heteroatoms. The Morgan fingerprint density at radius 1 is 1.53 bits per heavy atom. The minimum Gasteiger partial charge on any atom is -0.423 e. The molecule has 17 heavy (non-hydrogen) atoms. The first kappa shape index (κ1) is 14.7. The van der Waals surface area contributed by atoms with Gasteiger partial charge in [0.05, 0.1) is 5.60 Å². The van der Waals surface area contributed by atoms with E-state index in [-0.39, 0.29) is 5.60 Å². The Balaban J connectivity index is 2.79. The molecule has 1 heterocycles. The number of rotatable bonds is 6. The predicted octanol–water partition coefficient (Wildman–Crippen LogP) is 1.49. The summed E-state index contributed by atoms with van der Waals surface area (Å²) >= 11 is 0. The van der Waals surface area contributed by atoms with Gasteiger partial charge in [-0.15, -0.1) is 0 Å². The zero-order valence-corrected chi connectivity index (χ0v) is 14.0. The van der Waals surface area contributed by atoms with Crippen LogP contribution < -0.4 is 0 Å². The Hall–Kier alpha value is -0.353. The molecule has 100 valence electrons. The summed E-state index contributed by atoms with van der Waals surface area (Å²) in [7, 11) is 0.754. The predicted molar refractivity (Wildman–Crippen MR) is 73.9 cm³/mol. The lowest BCUT2D eigenvalue weighted by Crippen LogP contribution is -2.48. The summed E-state index contributed by atoms with van der Waals surface area (Å²) in [5.74, 6) is 0.759. The molecular weight excluding hydrogens is 230 g/mol. The second-order valence-corrected chi connectivity index (χ2v) is 6.04. The van der Waals surface area contributed by atoms with Crippen LogP contribution in [0.4, 0.5) is 0 Å². The maximum absolute atomic E-state index is 11.8. The third-order valence-electron chi connectivity index (χ3n) is 4.20. The molecule has 1 aliphatic heterocycles. The minimum atomic E-state index is -0.107. The first-order valence-electron chi connectivity index (χ1n) is 6.78. The first-order chi connectivity index (χ1) is 7.94. The molecule has 2 atom stereocenters. The van der Waals surface area contributed by atoms with E-state index >= 15 is 0 Å². The summed E-state index contributed by atoms with van der Waals surface area (Å²) in [6.45, 7) is 9.65. The maximum Gasteiger partial charge on any atom is 0.222 e. The van der Waals surface area contributed by atoms with Crippen LogP contribution in [-0.2, 0) is 9.22 Å².